The topological polar surface area (TPSA) is 8.81 Å². The van der Waals surface area contributed by atoms with Gasteiger partial charge in [0, 0.05) is 6.42 Å². The van der Waals surface area contributed by atoms with Gasteiger partial charge in [0.2, 0.25) is 0 Å². The van der Waals surface area contributed by atoms with Gasteiger partial charge in [0.25, 0.3) is 5.82 Å². The van der Waals surface area contributed by atoms with Crippen LogP contribution in [0, 0.1) is 0 Å². The van der Waals surface area contributed by atoms with Crippen LogP contribution in [0.2, 0.25) is 0 Å². The van der Waals surface area contributed by atoms with Crippen molar-refractivity contribution in [3.8, 4) is 0 Å². The first kappa shape index (κ1) is 29.2. The largest absolute Gasteiger partial charge is 0.256 e. The highest BCUT2D eigenvalue weighted by Gasteiger charge is 2.15. The van der Waals surface area contributed by atoms with Gasteiger partial charge in [0.1, 0.15) is 12.4 Å². The van der Waals surface area contributed by atoms with Gasteiger partial charge in [-0.1, -0.05) is 130 Å². The van der Waals surface area contributed by atoms with Crippen LogP contribution in [0.25, 0.3) is 0 Å². The maximum Gasteiger partial charge on any atom is 0.256 e. The molecule has 0 radical (unpaired) electrons. The first-order valence-electron chi connectivity index (χ1n) is 14.9. The van der Waals surface area contributed by atoms with Crippen molar-refractivity contribution >= 4 is 0 Å². The van der Waals surface area contributed by atoms with Gasteiger partial charge in [-0.2, -0.15) is 0 Å². The van der Waals surface area contributed by atoms with E-state index < -0.39 is 0 Å². The van der Waals surface area contributed by atoms with Gasteiger partial charge in [-0.25, -0.2) is 9.13 Å². The third-order valence-electron chi connectivity index (χ3n) is 7.06. The Hall–Kier alpha value is -0.790. The van der Waals surface area contributed by atoms with Crippen molar-refractivity contribution in [1.82, 2.24) is 4.57 Å². The van der Waals surface area contributed by atoms with E-state index in [0.29, 0.717) is 0 Å². The number of imidazole rings is 1. The molecule has 1 rings (SSSR count). The van der Waals surface area contributed by atoms with Gasteiger partial charge in [-0.05, 0) is 25.7 Å². The molecule has 32 heavy (non-hydrogen) atoms. The second-order valence-corrected chi connectivity index (χ2v) is 10.2. The molecule has 0 unspecified atom stereocenters. The molecule has 0 bridgehead atoms. The first-order valence-corrected chi connectivity index (χ1v) is 14.9. The SMILES string of the molecule is CCCCCCCCCCCCCCCCCn1cc[n+](CCC)c1CCCCCCC. The normalized spacial score (nSPS) is 11.5. The van der Waals surface area contributed by atoms with Crippen molar-refractivity contribution < 1.29 is 4.57 Å². The summed E-state index contributed by atoms with van der Waals surface area (Å²) >= 11 is 0. The molecule has 1 heterocycles. The zero-order valence-electron chi connectivity index (χ0n) is 22.5. The summed E-state index contributed by atoms with van der Waals surface area (Å²) in [5.41, 5.74) is 0. The number of hydrogen-bond acceptors (Lipinski definition) is 0. The fourth-order valence-corrected chi connectivity index (χ4v) is 4.97. The Labute approximate surface area is 202 Å². The number of hydrogen-bond donors (Lipinski definition) is 0. The second-order valence-electron chi connectivity index (χ2n) is 10.2. The third kappa shape index (κ3) is 15.1. The molecule has 1 aromatic heterocycles. The summed E-state index contributed by atoms with van der Waals surface area (Å²) in [6.45, 7) is 9.30. The van der Waals surface area contributed by atoms with Crippen molar-refractivity contribution in [2.75, 3.05) is 0 Å². The van der Waals surface area contributed by atoms with Crippen LogP contribution in [0.4, 0.5) is 0 Å². The van der Waals surface area contributed by atoms with Crippen LogP contribution < -0.4 is 4.57 Å². The lowest BCUT2D eigenvalue weighted by molar-refractivity contribution is -0.703. The summed E-state index contributed by atoms with van der Waals surface area (Å²) in [5, 5.41) is 0. The quantitative estimate of drug-likeness (QED) is 0.110. The summed E-state index contributed by atoms with van der Waals surface area (Å²) in [5.74, 6) is 1.58. The zero-order valence-corrected chi connectivity index (χ0v) is 22.5. The summed E-state index contributed by atoms with van der Waals surface area (Å²) in [7, 11) is 0. The minimum Gasteiger partial charge on any atom is -0.234 e. The van der Waals surface area contributed by atoms with Crippen LogP contribution in [-0.2, 0) is 19.5 Å². The van der Waals surface area contributed by atoms with E-state index in [9.17, 15) is 0 Å². The highest BCUT2D eigenvalue weighted by Crippen LogP contribution is 2.14. The Bertz CT molecular complexity index is 505. The van der Waals surface area contributed by atoms with Crippen molar-refractivity contribution in [3.05, 3.63) is 18.2 Å². The fourth-order valence-electron chi connectivity index (χ4n) is 4.97. The van der Waals surface area contributed by atoms with Gasteiger partial charge in [0.05, 0.1) is 13.1 Å². The predicted molar refractivity (Wildman–Crippen MR) is 142 cm³/mol. The minimum atomic E-state index is 1.18. The lowest BCUT2D eigenvalue weighted by Gasteiger charge is -2.06. The number of aryl methyl sites for hydroxylation is 2. The van der Waals surface area contributed by atoms with Gasteiger partial charge in [0.15, 0.2) is 0 Å². The molecule has 0 fully saturated rings. The monoisotopic (exact) mass is 447 g/mol. The number of rotatable bonds is 24. The van der Waals surface area contributed by atoms with Crippen LogP contribution in [0.5, 0.6) is 0 Å². The highest BCUT2D eigenvalue weighted by atomic mass is 15.1. The number of aromatic nitrogens is 2. The summed E-state index contributed by atoms with van der Waals surface area (Å²) < 4.78 is 5.09. The summed E-state index contributed by atoms with van der Waals surface area (Å²) in [6.07, 6.45) is 35.7. The standard InChI is InChI=1S/C30H59N2/c1-4-7-9-11-12-13-14-15-16-17-18-19-20-22-24-27-32-29-28-31(26-6-3)30(32)25-23-21-10-8-5-2/h28-29H,4-27H2,1-3H3/q+1. The molecule has 0 aliphatic rings. The molecule has 0 aromatic carbocycles. The maximum absolute atomic E-state index is 2.57. The van der Waals surface area contributed by atoms with Crippen LogP contribution in [0.1, 0.15) is 161 Å². The molecule has 0 N–H and O–H groups in total. The fraction of sp³-hybridized carbons (Fsp3) is 0.900. The average molecular weight is 448 g/mol. The Kier molecular flexibility index (Phi) is 20.1. The van der Waals surface area contributed by atoms with E-state index in [1.807, 2.05) is 0 Å². The van der Waals surface area contributed by atoms with E-state index in [4.69, 9.17) is 0 Å². The van der Waals surface area contributed by atoms with Crippen LogP contribution in [-0.4, -0.2) is 4.57 Å². The van der Waals surface area contributed by atoms with E-state index in [1.165, 1.54) is 154 Å². The molecule has 0 saturated carbocycles. The van der Waals surface area contributed by atoms with E-state index in [0.717, 1.165) is 0 Å². The molecule has 0 aliphatic heterocycles. The molecule has 0 saturated heterocycles. The number of unbranched alkanes of at least 4 members (excludes halogenated alkanes) is 18. The second kappa shape index (κ2) is 22.0. The summed E-state index contributed by atoms with van der Waals surface area (Å²) in [4.78, 5) is 0. The molecule has 1 aromatic rings. The van der Waals surface area contributed by atoms with E-state index >= 15 is 0 Å². The predicted octanol–water partition coefficient (Wildman–Crippen LogP) is 9.57. The zero-order chi connectivity index (χ0) is 23.1. The molecule has 188 valence electrons. The Balaban J connectivity index is 2.05. The molecule has 0 spiro atoms. The lowest BCUT2D eigenvalue weighted by Crippen LogP contribution is -2.37. The Morgan fingerprint density at radius 3 is 1.44 bits per heavy atom. The number of nitrogens with zero attached hydrogens (tertiary/aromatic N) is 2. The van der Waals surface area contributed by atoms with E-state index in [1.54, 1.807) is 5.82 Å². The minimum absolute atomic E-state index is 1.18. The molecule has 0 atom stereocenters. The molecule has 0 amide bonds. The van der Waals surface area contributed by atoms with Crippen LogP contribution in [0.3, 0.4) is 0 Å². The molecule has 2 nitrogen and oxygen atoms in total. The molecule has 0 aliphatic carbocycles. The van der Waals surface area contributed by atoms with Gasteiger partial charge in [-0.3, -0.25) is 0 Å². The van der Waals surface area contributed by atoms with Crippen molar-refractivity contribution in [1.29, 1.82) is 0 Å². The Morgan fingerprint density at radius 1 is 0.531 bits per heavy atom. The third-order valence-corrected chi connectivity index (χ3v) is 7.06. The van der Waals surface area contributed by atoms with Crippen molar-refractivity contribution in [2.24, 2.45) is 0 Å². The van der Waals surface area contributed by atoms with E-state index in [2.05, 4.69) is 42.3 Å². The van der Waals surface area contributed by atoms with Crippen molar-refractivity contribution in [2.45, 2.75) is 175 Å². The van der Waals surface area contributed by atoms with E-state index in [-0.39, 0.29) is 0 Å². The maximum atomic E-state index is 2.57. The van der Waals surface area contributed by atoms with Crippen molar-refractivity contribution in [3.63, 3.8) is 0 Å². The molecule has 2 heteroatoms. The Morgan fingerprint density at radius 2 is 0.969 bits per heavy atom. The molecular formula is C30H59N2+. The summed E-state index contributed by atoms with van der Waals surface area (Å²) in [6, 6.07) is 0. The average Bonchev–Trinajstić information content (AvgIpc) is 3.18. The van der Waals surface area contributed by atoms with Gasteiger partial charge >= 0.3 is 0 Å². The first-order chi connectivity index (χ1) is 15.8. The van der Waals surface area contributed by atoms with Crippen LogP contribution in [0.15, 0.2) is 12.4 Å². The van der Waals surface area contributed by atoms with Crippen LogP contribution >= 0.6 is 0 Å². The van der Waals surface area contributed by atoms with Gasteiger partial charge < -0.3 is 0 Å². The highest BCUT2D eigenvalue weighted by molar-refractivity contribution is 4.84. The van der Waals surface area contributed by atoms with Gasteiger partial charge in [-0.15, -0.1) is 0 Å². The molecular weight excluding hydrogens is 388 g/mol. The smallest absolute Gasteiger partial charge is 0.234 e. The lowest BCUT2D eigenvalue weighted by atomic mass is 10.0.